The van der Waals surface area contributed by atoms with Gasteiger partial charge in [-0.3, -0.25) is 4.79 Å². The Hall–Kier alpha value is -2.66. The van der Waals surface area contributed by atoms with E-state index in [0.717, 1.165) is 20.5 Å². The van der Waals surface area contributed by atoms with Crippen LogP contribution in [0.3, 0.4) is 0 Å². The number of hydrogen-bond donors (Lipinski definition) is 0. The fourth-order valence-corrected chi connectivity index (χ4v) is 3.68. The third kappa shape index (κ3) is 3.56. The Kier molecular flexibility index (Phi) is 4.86. The number of Topliss-reactive ketones (excluding diaryl/α,β-unsaturated/α-hetero) is 1. The van der Waals surface area contributed by atoms with Crippen molar-refractivity contribution in [1.29, 1.82) is 0 Å². The Morgan fingerprint density at radius 1 is 1.00 bits per heavy atom. The molecule has 2 aromatic carbocycles. The van der Waals surface area contributed by atoms with E-state index in [1.807, 2.05) is 44.2 Å². The zero-order chi connectivity index (χ0) is 18.0. The van der Waals surface area contributed by atoms with E-state index in [2.05, 4.69) is 0 Å². The highest BCUT2D eigenvalue weighted by molar-refractivity contribution is 7.12. The smallest absolute Gasteiger partial charge is 0.342 e. The van der Waals surface area contributed by atoms with Crippen LogP contribution >= 0.6 is 11.3 Å². The van der Waals surface area contributed by atoms with E-state index >= 15 is 0 Å². The average Bonchev–Trinajstić information content (AvgIpc) is 2.96. The molecule has 0 N–H and O–H groups in total. The number of benzene rings is 2. The molecule has 0 radical (unpaired) electrons. The molecule has 3 aromatic rings. The molecule has 128 valence electrons. The Morgan fingerprint density at radius 2 is 1.68 bits per heavy atom. The maximum absolute atomic E-state index is 12.4. The highest BCUT2D eigenvalue weighted by Gasteiger charge is 2.18. The minimum absolute atomic E-state index is 0.199. The first-order valence-electron chi connectivity index (χ1n) is 7.83. The van der Waals surface area contributed by atoms with Crippen molar-refractivity contribution in [3.05, 3.63) is 63.3 Å². The van der Waals surface area contributed by atoms with Gasteiger partial charge in [0.15, 0.2) is 6.61 Å². The summed E-state index contributed by atoms with van der Waals surface area (Å²) in [6.45, 7) is 3.55. The molecule has 0 spiro atoms. The summed E-state index contributed by atoms with van der Waals surface area (Å²) >= 11 is 1.55. The molecule has 0 saturated heterocycles. The van der Waals surface area contributed by atoms with E-state index in [9.17, 15) is 9.59 Å². The molecule has 0 saturated carbocycles. The molecule has 25 heavy (non-hydrogen) atoms. The second-order valence-corrected chi connectivity index (χ2v) is 7.19. The molecule has 0 unspecified atom stereocenters. The van der Waals surface area contributed by atoms with Crippen LogP contribution in [0, 0.1) is 13.8 Å². The Morgan fingerprint density at radius 3 is 2.28 bits per heavy atom. The van der Waals surface area contributed by atoms with Crippen LogP contribution in [0.1, 0.15) is 30.5 Å². The summed E-state index contributed by atoms with van der Waals surface area (Å²) in [4.78, 5) is 26.7. The zero-order valence-electron chi connectivity index (χ0n) is 14.3. The van der Waals surface area contributed by atoms with Gasteiger partial charge in [-0.2, -0.15) is 0 Å². The Bertz CT molecular complexity index is 955. The molecule has 5 heteroatoms. The van der Waals surface area contributed by atoms with Crippen molar-refractivity contribution in [3.8, 4) is 5.75 Å². The third-order valence-corrected chi connectivity index (χ3v) is 4.93. The van der Waals surface area contributed by atoms with E-state index in [0.29, 0.717) is 16.9 Å². The van der Waals surface area contributed by atoms with Gasteiger partial charge in [-0.15, -0.1) is 11.3 Å². The molecule has 3 rings (SSSR count). The second kappa shape index (κ2) is 7.07. The molecular formula is C20H18O4S. The molecule has 0 aliphatic heterocycles. The highest BCUT2D eigenvalue weighted by atomic mass is 32.1. The lowest BCUT2D eigenvalue weighted by molar-refractivity contribution is 0.0471. The van der Waals surface area contributed by atoms with Gasteiger partial charge in [0, 0.05) is 15.3 Å². The predicted octanol–water partition coefficient (Wildman–Crippen LogP) is 4.57. The van der Waals surface area contributed by atoms with Crippen LogP contribution < -0.4 is 4.74 Å². The van der Waals surface area contributed by atoms with Crippen molar-refractivity contribution in [2.24, 2.45) is 0 Å². The predicted molar refractivity (Wildman–Crippen MR) is 98.9 cm³/mol. The number of fused-ring (bicyclic) bond motifs is 1. The number of thiophene rings is 1. The Labute approximate surface area is 150 Å². The standard InChI is InChI=1S/C20H18O4S/c1-12-8-16(13(2)25-12)18(21)11-24-20(22)17-9-14-6-4-5-7-15(14)10-19(17)23-3/h4-10H,11H2,1-3H3. The maximum Gasteiger partial charge on any atom is 0.342 e. The number of carbonyl (C=O) groups is 2. The molecule has 0 aliphatic carbocycles. The molecule has 0 amide bonds. The van der Waals surface area contributed by atoms with E-state index in [1.165, 1.54) is 7.11 Å². The fraction of sp³-hybridized carbons (Fsp3) is 0.200. The number of aryl methyl sites for hydroxylation is 2. The van der Waals surface area contributed by atoms with Crippen LogP contribution in [0.4, 0.5) is 0 Å². The van der Waals surface area contributed by atoms with Gasteiger partial charge in [-0.05, 0) is 42.8 Å². The molecular weight excluding hydrogens is 336 g/mol. The van der Waals surface area contributed by atoms with Gasteiger partial charge in [0.1, 0.15) is 11.3 Å². The van der Waals surface area contributed by atoms with Crippen LogP contribution in [0.25, 0.3) is 10.8 Å². The lowest BCUT2D eigenvalue weighted by Crippen LogP contribution is -2.15. The van der Waals surface area contributed by atoms with E-state index in [1.54, 1.807) is 23.5 Å². The molecule has 0 aliphatic rings. The average molecular weight is 354 g/mol. The van der Waals surface area contributed by atoms with Gasteiger partial charge >= 0.3 is 5.97 Å². The first kappa shape index (κ1) is 17.2. The number of hydrogen-bond acceptors (Lipinski definition) is 5. The number of methoxy groups -OCH3 is 1. The topological polar surface area (TPSA) is 52.6 Å². The summed E-state index contributed by atoms with van der Waals surface area (Å²) in [5.74, 6) is -0.339. The number of carbonyl (C=O) groups excluding carboxylic acids is 2. The highest BCUT2D eigenvalue weighted by Crippen LogP contribution is 2.27. The van der Waals surface area contributed by atoms with Gasteiger partial charge in [-0.1, -0.05) is 24.3 Å². The van der Waals surface area contributed by atoms with Crippen molar-refractivity contribution in [2.75, 3.05) is 13.7 Å². The number of ketones is 1. The van der Waals surface area contributed by atoms with Crippen molar-refractivity contribution in [1.82, 2.24) is 0 Å². The van der Waals surface area contributed by atoms with E-state index in [-0.39, 0.29) is 12.4 Å². The van der Waals surface area contributed by atoms with Crippen molar-refractivity contribution in [2.45, 2.75) is 13.8 Å². The van der Waals surface area contributed by atoms with Crippen LogP contribution in [0.15, 0.2) is 42.5 Å². The van der Waals surface area contributed by atoms with Gasteiger partial charge in [0.25, 0.3) is 0 Å². The number of ether oxygens (including phenoxy) is 2. The summed E-state index contributed by atoms with van der Waals surface area (Å²) in [5, 5.41) is 1.88. The normalized spacial score (nSPS) is 10.7. The van der Waals surface area contributed by atoms with E-state index < -0.39 is 5.97 Å². The van der Waals surface area contributed by atoms with Gasteiger partial charge in [-0.25, -0.2) is 4.79 Å². The summed E-state index contributed by atoms with van der Waals surface area (Å²) in [6.07, 6.45) is 0. The van der Waals surface area contributed by atoms with Crippen molar-refractivity contribution >= 4 is 33.9 Å². The Balaban J connectivity index is 1.80. The minimum atomic E-state index is -0.569. The molecule has 0 fully saturated rings. The maximum atomic E-state index is 12.4. The van der Waals surface area contributed by atoms with Gasteiger partial charge in [0.2, 0.25) is 5.78 Å². The molecule has 0 atom stereocenters. The molecule has 1 aromatic heterocycles. The monoisotopic (exact) mass is 354 g/mol. The number of rotatable bonds is 5. The van der Waals surface area contributed by atoms with Crippen molar-refractivity contribution < 1.29 is 19.1 Å². The van der Waals surface area contributed by atoms with Crippen LogP contribution in [-0.4, -0.2) is 25.5 Å². The number of esters is 1. The van der Waals surface area contributed by atoms with Crippen LogP contribution in [0.5, 0.6) is 5.75 Å². The molecule has 0 bridgehead atoms. The van der Waals surface area contributed by atoms with Crippen molar-refractivity contribution in [3.63, 3.8) is 0 Å². The minimum Gasteiger partial charge on any atom is -0.496 e. The van der Waals surface area contributed by atoms with Crippen LogP contribution in [-0.2, 0) is 4.74 Å². The van der Waals surface area contributed by atoms with Crippen LogP contribution in [0.2, 0.25) is 0 Å². The summed E-state index contributed by atoms with van der Waals surface area (Å²) < 4.78 is 10.5. The second-order valence-electron chi connectivity index (χ2n) is 5.73. The summed E-state index contributed by atoms with van der Waals surface area (Å²) in [6, 6.07) is 13.0. The van der Waals surface area contributed by atoms with E-state index in [4.69, 9.17) is 9.47 Å². The fourth-order valence-electron chi connectivity index (χ4n) is 2.74. The zero-order valence-corrected chi connectivity index (χ0v) is 15.1. The largest absolute Gasteiger partial charge is 0.496 e. The first-order chi connectivity index (χ1) is 12.0. The molecule has 1 heterocycles. The lowest BCUT2D eigenvalue weighted by atomic mass is 10.1. The molecule has 4 nitrogen and oxygen atoms in total. The van der Waals surface area contributed by atoms with Gasteiger partial charge in [0.05, 0.1) is 7.11 Å². The summed E-state index contributed by atoms with van der Waals surface area (Å²) in [7, 11) is 1.50. The first-order valence-corrected chi connectivity index (χ1v) is 8.65. The lowest BCUT2D eigenvalue weighted by Gasteiger charge is -2.10. The van der Waals surface area contributed by atoms with Gasteiger partial charge < -0.3 is 9.47 Å². The summed E-state index contributed by atoms with van der Waals surface area (Å²) in [5.41, 5.74) is 0.924. The third-order valence-electron chi connectivity index (χ3n) is 3.96. The quantitative estimate of drug-likeness (QED) is 0.498. The SMILES string of the molecule is COc1cc2ccccc2cc1C(=O)OCC(=O)c1cc(C)sc1C.